The smallest absolute Gasteiger partial charge is 0.259 e. The first-order valence-corrected chi connectivity index (χ1v) is 13.8. The summed E-state index contributed by atoms with van der Waals surface area (Å²) in [7, 11) is 0. The molecule has 0 aromatic carbocycles. The van der Waals surface area contributed by atoms with Crippen molar-refractivity contribution in [3.05, 3.63) is 18.4 Å². The first-order chi connectivity index (χ1) is 18.7. The average Bonchev–Trinajstić information content (AvgIpc) is 3.68. The fraction of sp³-hybridized carbons (Fsp3) is 0.654. The quantitative estimate of drug-likeness (QED) is 0.500. The highest BCUT2D eigenvalue weighted by atomic mass is 19.3. The van der Waals surface area contributed by atoms with Crippen LogP contribution in [0.1, 0.15) is 45.4 Å². The van der Waals surface area contributed by atoms with Crippen LogP contribution in [0.5, 0.6) is 0 Å². The predicted octanol–water partition coefficient (Wildman–Crippen LogP) is 2.94. The molecule has 1 atom stereocenters. The molecule has 6 rings (SSSR count). The lowest BCUT2D eigenvalue weighted by atomic mass is 9.78. The molecule has 210 valence electrons. The van der Waals surface area contributed by atoms with E-state index in [1.807, 2.05) is 14.7 Å². The number of carbonyl (C=O) groups is 1. The lowest BCUT2D eigenvalue weighted by molar-refractivity contribution is -0.134. The van der Waals surface area contributed by atoms with E-state index in [0.717, 1.165) is 71.6 Å². The zero-order chi connectivity index (χ0) is 27.1. The third kappa shape index (κ3) is 5.41. The van der Waals surface area contributed by atoms with E-state index in [9.17, 15) is 13.6 Å². The van der Waals surface area contributed by atoms with Crippen molar-refractivity contribution in [1.29, 1.82) is 0 Å². The molecule has 2 N–H and O–H groups in total. The summed E-state index contributed by atoms with van der Waals surface area (Å²) in [5.74, 6) is 0.247. The van der Waals surface area contributed by atoms with Crippen LogP contribution in [-0.4, -0.2) is 91.5 Å². The highest BCUT2D eigenvalue weighted by Gasteiger charge is 2.38. The number of aromatic nitrogens is 5. The minimum atomic E-state index is -2.65. The van der Waals surface area contributed by atoms with Gasteiger partial charge in [0.2, 0.25) is 23.6 Å². The summed E-state index contributed by atoms with van der Waals surface area (Å²) < 4.78 is 33.5. The molecular formula is C26H35F2N9O2. The Bertz CT molecular complexity index is 1290. The van der Waals surface area contributed by atoms with Gasteiger partial charge in [0.15, 0.2) is 5.76 Å². The number of hydrogen-bond acceptors (Lipinski definition) is 9. The number of piperidine rings is 2. The zero-order valence-corrected chi connectivity index (χ0v) is 22.2. The number of furan rings is 1. The van der Waals surface area contributed by atoms with E-state index in [2.05, 4.69) is 20.1 Å². The van der Waals surface area contributed by atoms with Gasteiger partial charge < -0.3 is 20.0 Å². The molecule has 3 aliphatic heterocycles. The van der Waals surface area contributed by atoms with Gasteiger partial charge in [0.05, 0.1) is 12.8 Å². The molecule has 3 fully saturated rings. The minimum absolute atomic E-state index is 0.103. The second kappa shape index (κ2) is 10.3. The summed E-state index contributed by atoms with van der Waals surface area (Å²) in [6, 6.07) is 3.17. The maximum Gasteiger partial charge on any atom is 0.259 e. The van der Waals surface area contributed by atoms with Crippen molar-refractivity contribution in [3.8, 4) is 11.6 Å². The van der Waals surface area contributed by atoms with Crippen LogP contribution in [0.2, 0.25) is 0 Å². The average molecular weight is 544 g/mol. The van der Waals surface area contributed by atoms with E-state index in [0.29, 0.717) is 41.7 Å². The Morgan fingerprint density at radius 1 is 1.05 bits per heavy atom. The van der Waals surface area contributed by atoms with Crippen molar-refractivity contribution in [2.24, 2.45) is 11.8 Å². The summed E-state index contributed by atoms with van der Waals surface area (Å²) in [6.45, 7) is 4.40. The number of alkyl halides is 2. The summed E-state index contributed by atoms with van der Waals surface area (Å²) in [6.07, 6.45) is 6.96. The number of likely N-dealkylation sites (tertiary alicyclic amines) is 2. The number of hydrogen-bond donors (Lipinski definition) is 1. The van der Waals surface area contributed by atoms with Crippen LogP contribution >= 0.6 is 0 Å². The second-order valence-electron chi connectivity index (χ2n) is 11.2. The lowest BCUT2D eigenvalue weighted by Crippen LogP contribution is -2.50. The molecule has 13 heteroatoms. The molecule has 0 bridgehead atoms. The van der Waals surface area contributed by atoms with Gasteiger partial charge in [-0.25, -0.2) is 8.78 Å². The molecule has 0 unspecified atom stereocenters. The highest BCUT2D eigenvalue weighted by Crippen LogP contribution is 2.34. The summed E-state index contributed by atoms with van der Waals surface area (Å²) in [4.78, 5) is 32.9. The Morgan fingerprint density at radius 2 is 1.77 bits per heavy atom. The molecule has 0 saturated carbocycles. The Kier molecular flexibility index (Phi) is 6.86. The normalized spacial score (nSPS) is 22.3. The SMILES string of the molecule is CC(F)(F)CN1CCC(C2CCN(C(=O)[C@@H]3CCCN3c3nc(N)n4nc(-c5ccco5)nc4n3)CC2)CC1. The Hall–Kier alpha value is -3.35. The van der Waals surface area contributed by atoms with Crippen LogP contribution < -0.4 is 10.6 Å². The zero-order valence-electron chi connectivity index (χ0n) is 22.2. The molecule has 3 saturated heterocycles. The van der Waals surface area contributed by atoms with Crippen LogP contribution in [-0.2, 0) is 4.79 Å². The van der Waals surface area contributed by atoms with Gasteiger partial charge in [-0.1, -0.05) is 0 Å². The van der Waals surface area contributed by atoms with Gasteiger partial charge in [0.25, 0.3) is 11.7 Å². The number of amides is 1. The standard InChI is InChI=1S/C26H35F2N9O2/c1-26(27,28)16-34-11-6-17(7-12-34)18-8-13-35(14-9-18)22(38)19-4-2-10-36(19)24-31-23(29)37-25(32-24)30-21(33-37)20-5-3-15-39-20/h3,5,15,17-19H,2,4,6-14,16H2,1H3,(H2,29,30,31,32,33)/t19-/m0/s1. The fourth-order valence-corrected chi connectivity index (χ4v) is 6.47. The molecule has 0 aliphatic carbocycles. The van der Waals surface area contributed by atoms with Gasteiger partial charge in [-0.3, -0.25) is 9.69 Å². The van der Waals surface area contributed by atoms with E-state index < -0.39 is 5.92 Å². The molecule has 3 aromatic rings. The topological polar surface area (TPSA) is 122 Å². The van der Waals surface area contributed by atoms with E-state index in [1.165, 1.54) is 4.52 Å². The molecule has 0 spiro atoms. The maximum atomic E-state index is 13.6. The molecule has 0 radical (unpaired) electrons. The summed E-state index contributed by atoms with van der Waals surface area (Å²) in [5, 5.41) is 4.35. The van der Waals surface area contributed by atoms with Crippen molar-refractivity contribution >= 4 is 23.6 Å². The summed E-state index contributed by atoms with van der Waals surface area (Å²) in [5.41, 5.74) is 6.20. The van der Waals surface area contributed by atoms with Crippen LogP contribution in [0.4, 0.5) is 20.7 Å². The molecule has 1 amide bonds. The number of nitrogens with two attached hydrogens (primary N) is 1. The molecule has 39 heavy (non-hydrogen) atoms. The number of carbonyl (C=O) groups excluding carboxylic acids is 1. The largest absolute Gasteiger partial charge is 0.461 e. The van der Waals surface area contributed by atoms with Crippen molar-refractivity contribution in [2.75, 3.05) is 49.9 Å². The van der Waals surface area contributed by atoms with Crippen molar-refractivity contribution in [3.63, 3.8) is 0 Å². The van der Waals surface area contributed by atoms with E-state index in [1.54, 1.807) is 18.4 Å². The number of nitrogen functional groups attached to an aromatic ring is 1. The number of halogens is 2. The maximum absolute atomic E-state index is 13.6. The third-order valence-corrected chi connectivity index (χ3v) is 8.41. The molecule has 3 aromatic heterocycles. The van der Waals surface area contributed by atoms with Crippen molar-refractivity contribution < 1.29 is 18.0 Å². The number of anilines is 2. The van der Waals surface area contributed by atoms with Crippen LogP contribution in [0.25, 0.3) is 17.4 Å². The van der Waals surface area contributed by atoms with Gasteiger partial charge in [0.1, 0.15) is 6.04 Å². The second-order valence-corrected chi connectivity index (χ2v) is 11.2. The molecule has 11 nitrogen and oxygen atoms in total. The van der Waals surface area contributed by atoms with Gasteiger partial charge in [-0.2, -0.15) is 19.5 Å². The number of rotatable bonds is 6. The summed E-state index contributed by atoms with van der Waals surface area (Å²) >= 11 is 0. The molecule has 3 aliphatic rings. The molecule has 6 heterocycles. The molecular weight excluding hydrogens is 508 g/mol. The predicted molar refractivity (Wildman–Crippen MR) is 140 cm³/mol. The Balaban J connectivity index is 1.08. The van der Waals surface area contributed by atoms with E-state index >= 15 is 0 Å². The lowest BCUT2D eigenvalue weighted by Gasteiger charge is -2.41. The van der Waals surface area contributed by atoms with Crippen LogP contribution in [0.3, 0.4) is 0 Å². The van der Waals surface area contributed by atoms with E-state index in [4.69, 9.17) is 10.2 Å². The number of nitrogens with zero attached hydrogens (tertiary/aromatic N) is 8. The van der Waals surface area contributed by atoms with E-state index in [-0.39, 0.29) is 24.4 Å². The van der Waals surface area contributed by atoms with Crippen molar-refractivity contribution in [1.82, 2.24) is 34.4 Å². The van der Waals surface area contributed by atoms with Crippen LogP contribution in [0, 0.1) is 11.8 Å². The minimum Gasteiger partial charge on any atom is -0.461 e. The van der Waals surface area contributed by atoms with Crippen LogP contribution in [0.15, 0.2) is 22.8 Å². The fourth-order valence-electron chi connectivity index (χ4n) is 6.47. The van der Waals surface area contributed by atoms with Crippen molar-refractivity contribution in [2.45, 2.75) is 57.4 Å². The van der Waals surface area contributed by atoms with Gasteiger partial charge >= 0.3 is 0 Å². The van der Waals surface area contributed by atoms with Gasteiger partial charge in [-0.15, -0.1) is 5.10 Å². The first kappa shape index (κ1) is 25.9. The third-order valence-electron chi connectivity index (χ3n) is 8.41. The Labute approximate surface area is 225 Å². The van der Waals surface area contributed by atoms with Gasteiger partial charge in [-0.05, 0) is 75.6 Å². The van der Waals surface area contributed by atoms with Gasteiger partial charge in [0, 0.05) is 26.6 Å². The first-order valence-electron chi connectivity index (χ1n) is 13.8. The monoisotopic (exact) mass is 543 g/mol. The number of fused-ring (bicyclic) bond motifs is 1. The highest BCUT2D eigenvalue weighted by molar-refractivity contribution is 5.85. The Morgan fingerprint density at radius 3 is 2.44 bits per heavy atom.